The van der Waals surface area contributed by atoms with Crippen molar-refractivity contribution in [2.75, 3.05) is 0 Å². The van der Waals surface area contributed by atoms with Crippen molar-refractivity contribution in [2.24, 2.45) is 0 Å². The van der Waals surface area contributed by atoms with E-state index in [1.54, 1.807) is 11.8 Å². The van der Waals surface area contributed by atoms with Gasteiger partial charge < -0.3 is 4.57 Å². The molecule has 1 saturated carbocycles. The van der Waals surface area contributed by atoms with Crippen molar-refractivity contribution in [3.8, 4) is 0 Å². The van der Waals surface area contributed by atoms with Gasteiger partial charge in [-0.2, -0.15) is 0 Å². The molecule has 0 bridgehead atoms. The minimum Gasteiger partial charge on any atom is -0.302 e. The maximum absolute atomic E-state index is 4.35. The van der Waals surface area contributed by atoms with Crippen molar-refractivity contribution >= 4 is 11.8 Å². The number of rotatable bonds is 9. The van der Waals surface area contributed by atoms with Crippen LogP contribution in [0.3, 0.4) is 0 Å². The molecule has 0 radical (unpaired) electrons. The Morgan fingerprint density at radius 3 is 2.91 bits per heavy atom. The molecular formula is C14H21N7S. The SMILES string of the molecule is C=CCn1c(SCc2nnnn2CCCC)nnc1C1CC1. The van der Waals surface area contributed by atoms with E-state index in [0.717, 1.165) is 42.7 Å². The Morgan fingerprint density at radius 1 is 1.32 bits per heavy atom. The summed E-state index contributed by atoms with van der Waals surface area (Å²) in [7, 11) is 0. The summed E-state index contributed by atoms with van der Waals surface area (Å²) in [4.78, 5) is 0. The Hall–Kier alpha value is -1.70. The number of allylic oxidation sites excluding steroid dienone is 1. The number of hydrogen-bond acceptors (Lipinski definition) is 6. The lowest BCUT2D eigenvalue weighted by atomic mass is 10.3. The molecule has 0 unspecified atom stereocenters. The van der Waals surface area contributed by atoms with Gasteiger partial charge in [0.15, 0.2) is 11.0 Å². The van der Waals surface area contributed by atoms with Crippen LogP contribution in [0.1, 0.15) is 50.2 Å². The number of hydrogen-bond donors (Lipinski definition) is 0. The molecule has 0 aliphatic heterocycles. The van der Waals surface area contributed by atoms with E-state index in [2.05, 4.69) is 43.8 Å². The second-order valence-corrected chi connectivity index (χ2v) is 6.42. The molecule has 118 valence electrons. The van der Waals surface area contributed by atoms with Crippen LogP contribution in [0.25, 0.3) is 0 Å². The van der Waals surface area contributed by atoms with Gasteiger partial charge in [0.25, 0.3) is 0 Å². The third kappa shape index (κ3) is 3.37. The topological polar surface area (TPSA) is 74.3 Å². The molecule has 3 rings (SSSR count). The van der Waals surface area contributed by atoms with Gasteiger partial charge in [0.05, 0.1) is 5.75 Å². The Morgan fingerprint density at radius 2 is 2.18 bits per heavy atom. The minimum absolute atomic E-state index is 0.580. The van der Waals surface area contributed by atoms with Crippen LogP contribution in [0.5, 0.6) is 0 Å². The van der Waals surface area contributed by atoms with Gasteiger partial charge in [-0.05, 0) is 29.7 Å². The molecule has 1 fully saturated rings. The lowest BCUT2D eigenvalue weighted by Crippen LogP contribution is -2.06. The van der Waals surface area contributed by atoms with Crippen LogP contribution >= 0.6 is 11.8 Å². The number of nitrogens with zero attached hydrogens (tertiary/aromatic N) is 7. The molecule has 0 atom stereocenters. The first-order chi connectivity index (χ1) is 10.8. The molecular weight excluding hydrogens is 298 g/mol. The number of tetrazole rings is 1. The first-order valence-corrected chi connectivity index (χ1v) is 8.73. The van der Waals surface area contributed by atoms with Crippen LogP contribution < -0.4 is 0 Å². The Balaban J connectivity index is 1.68. The smallest absolute Gasteiger partial charge is 0.191 e. The van der Waals surface area contributed by atoms with Crippen molar-refractivity contribution in [2.45, 2.75) is 62.5 Å². The Bertz CT molecular complexity index is 629. The monoisotopic (exact) mass is 319 g/mol. The van der Waals surface area contributed by atoms with E-state index in [1.807, 2.05) is 10.8 Å². The van der Waals surface area contributed by atoms with E-state index >= 15 is 0 Å². The van der Waals surface area contributed by atoms with Gasteiger partial charge in [-0.15, -0.1) is 21.9 Å². The van der Waals surface area contributed by atoms with Crippen molar-refractivity contribution in [1.82, 2.24) is 35.0 Å². The second kappa shape index (κ2) is 7.04. The summed E-state index contributed by atoms with van der Waals surface area (Å²) in [6, 6.07) is 0. The number of thioether (sulfide) groups is 1. The highest BCUT2D eigenvalue weighted by atomic mass is 32.2. The quantitative estimate of drug-likeness (QED) is 0.522. The molecule has 2 heterocycles. The number of aromatic nitrogens is 7. The standard InChI is InChI=1S/C14H21N7S/c1-3-5-9-21-12(15-18-19-21)10-22-14-17-16-13(11-6-7-11)20(14)8-4-2/h4,11H,2-3,5-10H2,1H3. The Labute approximate surface area is 134 Å². The molecule has 0 amide bonds. The summed E-state index contributed by atoms with van der Waals surface area (Å²) in [5.74, 6) is 3.26. The van der Waals surface area contributed by atoms with Gasteiger partial charge in [0.2, 0.25) is 0 Å². The highest BCUT2D eigenvalue weighted by Gasteiger charge is 2.30. The normalized spacial score (nSPS) is 14.4. The van der Waals surface area contributed by atoms with Crippen LogP contribution in [0, 0.1) is 0 Å². The number of aryl methyl sites for hydroxylation is 1. The van der Waals surface area contributed by atoms with E-state index < -0.39 is 0 Å². The summed E-state index contributed by atoms with van der Waals surface area (Å²) in [5, 5.41) is 21.6. The predicted molar refractivity (Wildman–Crippen MR) is 84.5 cm³/mol. The summed E-state index contributed by atoms with van der Waals surface area (Å²) < 4.78 is 4.04. The van der Waals surface area contributed by atoms with Gasteiger partial charge in [-0.1, -0.05) is 31.2 Å². The molecule has 0 spiro atoms. The zero-order valence-electron chi connectivity index (χ0n) is 12.9. The summed E-state index contributed by atoms with van der Waals surface area (Å²) in [5.41, 5.74) is 0. The number of unbranched alkanes of at least 4 members (excludes halogenated alkanes) is 1. The van der Waals surface area contributed by atoms with E-state index in [0.29, 0.717) is 11.7 Å². The fourth-order valence-electron chi connectivity index (χ4n) is 2.29. The maximum Gasteiger partial charge on any atom is 0.191 e. The van der Waals surface area contributed by atoms with Crippen molar-refractivity contribution in [3.05, 3.63) is 24.3 Å². The maximum atomic E-state index is 4.35. The van der Waals surface area contributed by atoms with Crippen LogP contribution in [-0.4, -0.2) is 35.0 Å². The van der Waals surface area contributed by atoms with E-state index in [-0.39, 0.29) is 0 Å². The lowest BCUT2D eigenvalue weighted by molar-refractivity contribution is 0.540. The fourth-order valence-corrected chi connectivity index (χ4v) is 3.18. The van der Waals surface area contributed by atoms with Crippen molar-refractivity contribution in [1.29, 1.82) is 0 Å². The van der Waals surface area contributed by atoms with Gasteiger partial charge in [-0.3, -0.25) is 0 Å². The molecule has 7 nitrogen and oxygen atoms in total. The largest absolute Gasteiger partial charge is 0.302 e. The third-order valence-electron chi connectivity index (χ3n) is 3.66. The van der Waals surface area contributed by atoms with Crippen molar-refractivity contribution < 1.29 is 0 Å². The molecule has 22 heavy (non-hydrogen) atoms. The fraction of sp³-hybridized carbons (Fsp3) is 0.643. The molecule has 8 heteroatoms. The van der Waals surface area contributed by atoms with Crippen LogP contribution in [0.15, 0.2) is 17.8 Å². The first-order valence-electron chi connectivity index (χ1n) is 7.75. The zero-order valence-corrected chi connectivity index (χ0v) is 13.7. The summed E-state index contributed by atoms with van der Waals surface area (Å²) >= 11 is 1.64. The third-order valence-corrected chi connectivity index (χ3v) is 4.62. The van der Waals surface area contributed by atoms with Gasteiger partial charge in [0.1, 0.15) is 5.82 Å². The zero-order chi connectivity index (χ0) is 15.4. The van der Waals surface area contributed by atoms with Crippen molar-refractivity contribution in [3.63, 3.8) is 0 Å². The Kier molecular flexibility index (Phi) is 4.87. The summed E-state index contributed by atoms with van der Waals surface area (Å²) in [6.45, 7) is 7.61. The van der Waals surface area contributed by atoms with Crippen LogP contribution in [0.4, 0.5) is 0 Å². The molecule has 2 aromatic heterocycles. The van der Waals surface area contributed by atoms with Gasteiger partial charge in [-0.25, -0.2) is 4.68 Å². The molecule has 2 aromatic rings. The van der Waals surface area contributed by atoms with Gasteiger partial charge in [0, 0.05) is 19.0 Å². The van der Waals surface area contributed by atoms with Gasteiger partial charge >= 0.3 is 0 Å². The predicted octanol–water partition coefficient (Wildman–Crippen LogP) is 2.42. The first kappa shape index (κ1) is 15.2. The van der Waals surface area contributed by atoms with Crippen LogP contribution in [0.2, 0.25) is 0 Å². The molecule has 0 N–H and O–H groups in total. The molecule has 0 aromatic carbocycles. The van der Waals surface area contributed by atoms with E-state index in [9.17, 15) is 0 Å². The lowest BCUT2D eigenvalue weighted by Gasteiger charge is -2.07. The molecule has 1 aliphatic rings. The summed E-state index contributed by atoms with van der Waals surface area (Å²) in [6.07, 6.45) is 6.54. The highest BCUT2D eigenvalue weighted by Crippen LogP contribution is 2.40. The molecule has 1 aliphatic carbocycles. The second-order valence-electron chi connectivity index (χ2n) is 5.47. The minimum atomic E-state index is 0.580. The van der Waals surface area contributed by atoms with Crippen LogP contribution in [-0.2, 0) is 18.8 Å². The van der Waals surface area contributed by atoms with E-state index in [1.165, 1.54) is 12.8 Å². The van der Waals surface area contributed by atoms with E-state index in [4.69, 9.17) is 0 Å². The average Bonchev–Trinajstić information content (AvgIpc) is 3.14. The highest BCUT2D eigenvalue weighted by molar-refractivity contribution is 7.98. The molecule has 0 saturated heterocycles. The average molecular weight is 319 g/mol.